The number of aryl methyl sites for hydroxylation is 1. The second kappa shape index (κ2) is 10.8. The Labute approximate surface area is 178 Å². The van der Waals surface area contributed by atoms with E-state index >= 15 is 0 Å². The molecule has 1 saturated heterocycles. The van der Waals surface area contributed by atoms with Crippen molar-refractivity contribution in [2.45, 2.75) is 89.0 Å². The molecule has 1 aliphatic carbocycles. The SMILES string of the molecule is C=CCCc1ccc(C2CCC(CCC3OCC(F)(CCC)CO3)CC2)c(F)c1F. The van der Waals surface area contributed by atoms with E-state index in [0.717, 1.165) is 44.9 Å². The Hall–Kier alpha value is -1.33. The Bertz CT molecular complexity index is 690. The van der Waals surface area contributed by atoms with E-state index in [4.69, 9.17) is 9.47 Å². The summed E-state index contributed by atoms with van der Waals surface area (Å²) >= 11 is 0. The van der Waals surface area contributed by atoms with Crippen LogP contribution in [-0.4, -0.2) is 25.2 Å². The highest BCUT2D eigenvalue weighted by Gasteiger charge is 2.36. The van der Waals surface area contributed by atoms with Crippen LogP contribution < -0.4 is 0 Å². The molecule has 2 aliphatic rings. The number of benzene rings is 1. The van der Waals surface area contributed by atoms with Gasteiger partial charge in [0.25, 0.3) is 0 Å². The molecule has 2 fully saturated rings. The Kier molecular flexibility index (Phi) is 8.41. The second-order valence-electron chi connectivity index (χ2n) is 9.02. The molecule has 30 heavy (non-hydrogen) atoms. The van der Waals surface area contributed by atoms with E-state index in [1.807, 2.05) is 6.92 Å². The molecule has 0 spiro atoms. The Morgan fingerprint density at radius 1 is 1.07 bits per heavy atom. The summed E-state index contributed by atoms with van der Waals surface area (Å²) in [6.45, 7) is 5.83. The van der Waals surface area contributed by atoms with Crippen LogP contribution in [0, 0.1) is 17.6 Å². The Morgan fingerprint density at radius 2 is 1.77 bits per heavy atom. The fourth-order valence-electron chi connectivity index (χ4n) is 4.84. The van der Waals surface area contributed by atoms with Crippen LogP contribution in [0.2, 0.25) is 0 Å². The van der Waals surface area contributed by atoms with E-state index in [1.165, 1.54) is 0 Å². The largest absolute Gasteiger partial charge is 0.349 e. The van der Waals surface area contributed by atoms with Gasteiger partial charge in [-0.3, -0.25) is 0 Å². The molecule has 168 valence electrons. The molecule has 1 aromatic rings. The zero-order valence-corrected chi connectivity index (χ0v) is 18.1. The quantitative estimate of drug-likeness (QED) is 0.397. The van der Waals surface area contributed by atoms with Crippen LogP contribution in [0.1, 0.15) is 81.8 Å². The van der Waals surface area contributed by atoms with Crippen molar-refractivity contribution < 1.29 is 22.6 Å². The first-order valence-corrected chi connectivity index (χ1v) is 11.5. The van der Waals surface area contributed by atoms with Crippen LogP contribution in [0.5, 0.6) is 0 Å². The topological polar surface area (TPSA) is 18.5 Å². The zero-order chi connectivity index (χ0) is 21.6. The van der Waals surface area contributed by atoms with E-state index in [0.29, 0.717) is 36.3 Å². The lowest BCUT2D eigenvalue weighted by molar-refractivity contribution is -0.237. The summed E-state index contributed by atoms with van der Waals surface area (Å²) in [4.78, 5) is 0. The third-order valence-electron chi connectivity index (χ3n) is 6.66. The number of halogens is 3. The lowest BCUT2D eigenvalue weighted by Crippen LogP contribution is -2.44. The molecule has 0 N–H and O–H groups in total. The number of hydrogen-bond acceptors (Lipinski definition) is 2. The maximum absolute atomic E-state index is 14.6. The minimum atomic E-state index is -1.34. The first kappa shape index (κ1) is 23.3. The third kappa shape index (κ3) is 5.88. The molecule has 0 amide bonds. The zero-order valence-electron chi connectivity index (χ0n) is 18.1. The van der Waals surface area contributed by atoms with Gasteiger partial charge < -0.3 is 9.47 Å². The molecule has 0 radical (unpaired) electrons. The Balaban J connectivity index is 1.44. The van der Waals surface area contributed by atoms with Crippen molar-refractivity contribution in [2.75, 3.05) is 13.2 Å². The average Bonchev–Trinajstić information content (AvgIpc) is 2.75. The minimum Gasteiger partial charge on any atom is -0.349 e. The Morgan fingerprint density at radius 3 is 2.40 bits per heavy atom. The smallest absolute Gasteiger partial charge is 0.162 e. The highest BCUT2D eigenvalue weighted by atomic mass is 19.2. The molecule has 1 aliphatic heterocycles. The monoisotopic (exact) mass is 424 g/mol. The average molecular weight is 425 g/mol. The second-order valence-corrected chi connectivity index (χ2v) is 9.02. The summed E-state index contributed by atoms with van der Waals surface area (Å²) in [5, 5.41) is 0. The van der Waals surface area contributed by atoms with Crippen LogP contribution in [0.4, 0.5) is 13.2 Å². The van der Waals surface area contributed by atoms with E-state index < -0.39 is 17.3 Å². The molecule has 2 nitrogen and oxygen atoms in total. The van der Waals surface area contributed by atoms with Gasteiger partial charge in [0.15, 0.2) is 23.6 Å². The fourth-order valence-corrected chi connectivity index (χ4v) is 4.84. The van der Waals surface area contributed by atoms with Gasteiger partial charge in [-0.1, -0.05) is 31.6 Å². The minimum absolute atomic E-state index is 0.0765. The summed E-state index contributed by atoms with van der Waals surface area (Å²) in [5.74, 6) is -0.769. The molecule has 0 unspecified atom stereocenters. The molecule has 3 rings (SSSR count). The number of allylic oxidation sites excluding steroid dienone is 1. The molecule has 0 atom stereocenters. The standard InChI is InChI=1S/C25H35F3O2/c1-3-5-6-20-12-13-21(24(27)23(20)26)19-10-7-18(8-11-19)9-14-22-29-16-25(28,15-4-2)17-30-22/h3,12-13,18-19,22H,1,4-11,14-17H2,2H3. The van der Waals surface area contributed by atoms with Crippen LogP contribution >= 0.6 is 0 Å². The van der Waals surface area contributed by atoms with Crippen molar-refractivity contribution in [3.8, 4) is 0 Å². The van der Waals surface area contributed by atoms with E-state index in [9.17, 15) is 13.2 Å². The molecular weight excluding hydrogens is 389 g/mol. The lowest BCUT2D eigenvalue weighted by atomic mass is 9.77. The van der Waals surface area contributed by atoms with Crippen molar-refractivity contribution in [1.82, 2.24) is 0 Å². The first-order valence-electron chi connectivity index (χ1n) is 11.5. The summed E-state index contributed by atoms with van der Waals surface area (Å²) < 4.78 is 54.6. The fraction of sp³-hybridized carbons (Fsp3) is 0.680. The first-order chi connectivity index (χ1) is 14.5. The molecule has 1 aromatic carbocycles. The molecule has 0 bridgehead atoms. The number of rotatable bonds is 9. The van der Waals surface area contributed by atoms with Crippen molar-refractivity contribution in [2.24, 2.45) is 5.92 Å². The molecule has 1 heterocycles. The number of alkyl halides is 1. The predicted octanol–water partition coefficient (Wildman–Crippen LogP) is 7.02. The van der Waals surface area contributed by atoms with Crippen LogP contribution in [0.25, 0.3) is 0 Å². The normalized spacial score (nSPS) is 29.7. The number of ether oxygens (including phenoxy) is 2. The maximum Gasteiger partial charge on any atom is 0.162 e. The van der Waals surface area contributed by atoms with Gasteiger partial charge in [0, 0.05) is 0 Å². The van der Waals surface area contributed by atoms with Crippen LogP contribution in [0.15, 0.2) is 24.8 Å². The third-order valence-corrected chi connectivity index (χ3v) is 6.66. The van der Waals surface area contributed by atoms with E-state index in [1.54, 1.807) is 18.2 Å². The van der Waals surface area contributed by atoms with Crippen molar-refractivity contribution in [1.29, 1.82) is 0 Å². The van der Waals surface area contributed by atoms with Gasteiger partial charge in [-0.2, -0.15) is 0 Å². The van der Waals surface area contributed by atoms with Crippen molar-refractivity contribution in [3.05, 3.63) is 47.5 Å². The highest BCUT2D eigenvalue weighted by Crippen LogP contribution is 2.40. The lowest BCUT2D eigenvalue weighted by Gasteiger charge is -2.35. The van der Waals surface area contributed by atoms with Crippen LogP contribution in [0.3, 0.4) is 0 Å². The van der Waals surface area contributed by atoms with Crippen molar-refractivity contribution >= 4 is 0 Å². The van der Waals surface area contributed by atoms with Gasteiger partial charge in [-0.25, -0.2) is 13.2 Å². The molecule has 0 aromatic heterocycles. The predicted molar refractivity (Wildman–Crippen MR) is 113 cm³/mol. The summed E-state index contributed by atoms with van der Waals surface area (Å²) in [6, 6.07) is 3.50. The van der Waals surface area contributed by atoms with E-state index in [2.05, 4.69) is 6.58 Å². The van der Waals surface area contributed by atoms with E-state index in [-0.39, 0.29) is 25.4 Å². The van der Waals surface area contributed by atoms with Gasteiger partial charge in [0.1, 0.15) is 0 Å². The summed E-state index contributed by atoms with van der Waals surface area (Å²) in [6.07, 6.45) is 9.18. The van der Waals surface area contributed by atoms with Gasteiger partial charge >= 0.3 is 0 Å². The summed E-state index contributed by atoms with van der Waals surface area (Å²) in [5.41, 5.74) is -0.403. The van der Waals surface area contributed by atoms with Gasteiger partial charge in [0.2, 0.25) is 0 Å². The molecule has 1 saturated carbocycles. The molecule has 5 heteroatoms. The van der Waals surface area contributed by atoms with Gasteiger partial charge in [0.05, 0.1) is 13.2 Å². The molecular formula is C25H35F3O2. The highest BCUT2D eigenvalue weighted by molar-refractivity contribution is 5.29. The maximum atomic E-state index is 14.6. The summed E-state index contributed by atoms with van der Waals surface area (Å²) in [7, 11) is 0. The van der Waals surface area contributed by atoms with Crippen LogP contribution in [-0.2, 0) is 15.9 Å². The van der Waals surface area contributed by atoms with Gasteiger partial charge in [-0.05, 0) is 80.8 Å². The number of hydrogen-bond donors (Lipinski definition) is 0. The van der Waals surface area contributed by atoms with Gasteiger partial charge in [-0.15, -0.1) is 6.58 Å². The van der Waals surface area contributed by atoms with Crippen molar-refractivity contribution in [3.63, 3.8) is 0 Å².